The number of hydrogen-bond acceptors (Lipinski definition) is 2. The molecular weight excluding hydrogens is 251 g/mol. The summed E-state index contributed by atoms with van der Waals surface area (Å²) in [6, 6.07) is 5.32. The van der Waals surface area contributed by atoms with Crippen molar-refractivity contribution in [3.05, 3.63) is 35.6 Å². The minimum Gasteiger partial charge on any atom is -0.480 e. The van der Waals surface area contributed by atoms with Crippen LogP contribution in [0.3, 0.4) is 0 Å². The Balaban J connectivity index is 2.63. The van der Waals surface area contributed by atoms with Crippen LogP contribution in [0.2, 0.25) is 0 Å². The van der Waals surface area contributed by atoms with Gasteiger partial charge in [0.2, 0.25) is 0 Å². The number of carboxylic acid groups (broad SMARTS) is 1. The maximum absolute atomic E-state index is 13.4. The summed E-state index contributed by atoms with van der Waals surface area (Å²) in [5.41, 5.74) is 0.356. The van der Waals surface area contributed by atoms with Gasteiger partial charge in [-0.05, 0) is 19.9 Å². The van der Waals surface area contributed by atoms with E-state index in [1.54, 1.807) is 32.0 Å². The second kappa shape index (κ2) is 6.72. The molecule has 0 saturated heterocycles. The lowest BCUT2D eigenvalue weighted by Gasteiger charge is -2.25. The van der Waals surface area contributed by atoms with Crippen LogP contribution in [0.15, 0.2) is 24.3 Å². The first-order chi connectivity index (χ1) is 8.91. The van der Waals surface area contributed by atoms with Gasteiger partial charge in [-0.3, -0.25) is 4.79 Å². The molecule has 0 heterocycles. The van der Waals surface area contributed by atoms with E-state index in [-0.39, 0.29) is 19.1 Å². The minimum atomic E-state index is -1.09. The van der Waals surface area contributed by atoms with Gasteiger partial charge in [-0.15, -0.1) is 0 Å². The molecule has 0 aromatic heterocycles. The summed E-state index contributed by atoms with van der Waals surface area (Å²) in [7, 11) is 0. The number of carbonyl (C=O) groups excluding carboxylic acids is 1. The zero-order chi connectivity index (χ0) is 14.4. The Morgan fingerprint density at radius 1 is 1.37 bits per heavy atom. The molecule has 5 nitrogen and oxygen atoms in total. The van der Waals surface area contributed by atoms with Crippen molar-refractivity contribution in [2.24, 2.45) is 0 Å². The first-order valence-electron chi connectivity index (χ1n) is 5.91. The Kier molecular flexibility index (Phi) is 5.29. The van der Waals surface area contributed by atoms with E-state index < -0.39 is 17.8 Å². The number of carbonyl (C=O) groups is 2. The largest absolute Gasteiger partial charge is 0.480 e. The van der Waals surface area contributed by atoms with Crippen molar-refractivity contribution in [1.82, 2.24) is 10.2 Å². The lowest BCUT2D eigenvalue weighted by atomic mass is 10.2. The maximum atomic E-state index is 13.4. The third-order valence-corrected chi connectivity index (χ3v) is 2.58. The van der Waals surface area contributed by atoms with Crippen LogP contribution < -0.4 is 5.32 Å². The van der Waals surface area contributed by atoms with Crippen molar-refractivity contribution >= 4 is 12.0 Å². The number of rotatable bonds is 5. The van der Waals surface area contributed by atoms with E-state index in [1.807, 2.05) is 0 Å². The summed E-state index contributed by atoms with van der Waals surface area (Å²) < 4.78 is 13.4. The molecule has 0 aliphatic rings. The first kappa shape index (κ1) is 14.9. The van der Waals surface area contributed by atoms with Crippen LogP contribution in [0.4, 0.5) is 9.18 Å². The fourth-order valence-electron chi connectivity index (χ4n) is 1.55. The fourth-order valence-corrected chi connectivity index (χ4v) is 1.55. The smallest absolute Gasteiger partial charge is 0.323 e. The number of benzene rings is 1. The molecule has 0 atom stereocenters. The SMILES string of the molecule is CC(C)N(CC(=O)O)C(=O)NCc1ccccc1F. The first-order valence-corrected chi connectivity index (χ1v) is 5.91. The summed E-state index contributed by atoms with van der Waals surface area (Å²) >= 11 is 0. The highest BCUT2D eigenvalue weighted by atomic mass is 19.1. The third kappa shape index (κ3) is 4.57. The van der Waals surface area contributed by atoms with E-state index >= 15 is 0 Å². The number of urea groups is 1. The standard InChI is InChI=1S/C13H17FN2O3/c1-9(2)16(8-12(17)18)13(19)15-7-10-5-3-4-6-11(10)14/h3-6,9H,7-8H2,1-2H3,(H,15,19)(H,17,18). The molecule has 2 amide bonds. The van der Waals surface area contributed by atoms with Crippen LogP contribution in [0.5, 0.6) is 0 Å². The van der Waals surface area contributed by atoms with Crippen LogP contribution in [0.25, 0.3) is 0 Å². The quantitative estimate of drug-likeness (QED) is 0.856. The molecule has 104 valence electrons. The summed E-state index contributed by atoms with van der Waals surface area (Å²) in [5.74, 6) is -1.49. The molecule has 0 aliphatic heterocycles. The maximum Gasteiger partial charge on any atom is 0.323 e. The lowest BCUT2D eigenvalue weighted by Crippen LogP contribution is -2.46. The van der Waals surface area contributed by atoms with E-state index in [0.29, 0.717) is 5.56 Å². The molecule has 0 unspecified atom stereocenters. The zero-order valence-electron chi connectivity index (χ0n) is 10.9. The molecule has 19 heavy (non-hydrogen) atoms. The Bertz CT molecular complexity index is 463. The van der Waals surface area contributed by atoms with Gasteiger partial charge in [0.1, 0.15) is 12.4 Å². The molecule has 2 N–H and O–H groups in total. The third-order valence-electron chi connectivity index (χ3n) is 2.58. The summed E-state index contributed by atoms with van der Waals surface area (Å²) in [6.07, 6.45) is 0. The van der Waals surface area contributed by atoms with Gasteiger partial charge in [0.25, 0.3) is 0 Å². The molecule has 1 aromatic carbocycles. The number of nitrogens with one attached hydrogen (secondary N) is 1. The molecule has 0 spiro atoms. The second-order valence-electron chi connectivity index (χ2n) is 4.37. The van der Waals surface area contributed by atoms with Gasteiger partial charge in [0.05, 0.1) is 0 Å². The van der Waals surface area contributed by atoms with E-state index in [0.717, 1.165) is 0 Å². The van der Waals surface area contributed by atoms with Gasteiger partial charge < -0.3 is 15.3 Å². The number of amides is 2. The normalized spacial score (nSPS) is 10.3. The Hall–Kier alpha value is -2.11. The Morgan fingerprint density at radius 3 is 2.53 bits per heavy atom. The minimum absolute atomic E-state index is 0.0222. The van der Waals surface area contributed by atoms with E-state index in [9.17, 15) is 14.0 Å². The predicted molar refractivity (Wildman–Crippen MR) is 68.1 cm³/mol. The van der Waals surface area contributed by atoms with Crippen molar-refractivity contribution < 1.29 is 19.1 Å². The summed E-state index contributed by atoms with van der Waals surface area (Å²) in [4.78, 5) is 23.7. The van der Waals surface area contributed by atoms with Gasteiger partial charge in [-0.25, -0.2) is 9.18 Å². The molecule has 0 saturated carbocycles. The van der Waals surface area contributed by atoms with Gasteiger partial charge in [0, 0.05) is 18.2 Å². The number of halogens is 1. The van der Waals surface area contributed by atoms with Crippen LogP contribution in [-0.4, -0.2) is 34.6 Å². The van der Waals surface area contributed by atoms with Crippen molar-refractivity contribution in [2.75, 3.05) is 6.54 Å². The van der Waals surface area contributed by atoms with E-state index in [4.69, 9.17) is 5.11 Å². The van der Waals surface area contributed by atoms with E-state index in [1.165, 1.54) is 11.0 Å². The monoisotopic (exact) mass is 268 g/mol. The number of hydrogen-bond donors (Lipinski definition) is 2. The van der Waals surface area contributed by atoms with Crippen molar-refractivity contribution in [1.29, 1.82) is 0 Å². The van der Waals surface area contributed by atoms with E-state index in [2.05, 4.69) is 5.32 Å². The number of carboxylic acids is 1. The fraction of sp³-hybridized carbons (Fsp3) is 0.385. The molecular formula is C13H17FN2O3. The van der Waals surface area contributed by atoms with Gasteiger partial charge in [-0.1, -0.05) is 18.2 Å². The Morgan fingerprint density at radius 2 is 2.00 bits per heavy atom. The highest BCUT2D eigenvalue weighted by Gasteiger charge is 2.19. The molecule has 0 radical (unpaired) electrons. The van der Waals surface area contributed by atoms with Gasteiger partial charge in [0.15, 0.2) is 0 Å². The molecule has 1 rings (SSSR count). The molecule has 0 aliphatic carbocycles. The van der Waals surface area contributed by atoms with Gasteiger partial charge >= 0.3 is 12.0 Å². The highest BCUT2D eigenvalue weighted by Crippen LogP contribution is 2.06. The van der Waals surface area contributed by atoms with Crippen LogP contribution in [-0.2, 0) is 11.3 Å². The lowest BCUT2D eigenvalue weighted by molar-refractivity contribution is -0.138. The second-order valence-corrected chi connectivity index (χ2v) is 4.37. The summed E-state index contributed by atoms with van der Waals surface area (Å²) in [5, 5.41) is 11.2. The topological polar surface area (TPSA) is 69.6 Å². The van der Waals surface area contributed by atoms with Crippen LogP contribution in [0.1, 0.15) is 19.4 Å². The van der Waals surface area contributed by atoms with Crippen molar-refractivity contribution in [3.63, 3.8) is 0 Å². The number of aliphatic carboxylic acids is 1. The molecule has 0 bridgehead atoms. The average Bonchev–Trinajstić information content (AvgIpc) is 2.34. The molecule has 1 aromatic rings. The predicted octanol–water partition coefficient (Wildman–Crippen LogP) is 1.83. The van der Waals surface area contributed by atoms with Crippen LogP contribution >= 0.6 is 0 Å². The summed E-state index contributed by atoms with van der Waals surface area (Å²) in [6.45, 7) is 3.06. The van der Waals surface area contributed by atoms with Gasteiger partial charge in [-0.2, -0.15) is 0 Å². The average molecular weight is 268 g/mol. The number of nitrogens with zero attached hydrogens (tertiary/aromatic N) is 1. The zero-order valence-corrected chi connectivity index (χ0v) is 10.9. The van der Waals surface area contributed by atoms with Crippen molar-refractivity contribution in [2.45, 2.75) is 26.4 Å². The van der Waals surface area contributed by atoms with Crippen molar-refractivity contribution in [3.8, 4) is 0 Å². The van der Waals surface area contributed by atoms with Crippen LogP contribution in [0, 0.1) is 5.82 Å². The molecule has 0 fully saturated rings. The molecule has 6 heteroatoms. The Labute approximate surface area is 111 Å². The highest BCUT2D eigenvalue weighted by molar-refractivity contribution is 5.80.